The number of aryl methyl sites for hydroxylation is 1. The van der Waals surface area contributed by atoms with E-state index in [1.165, 1.54) is 29.7 Å². The summed E-state index contributed by atoms with van der Waals surface area (Å²) < 4.78 is 0.950. The lowest BCUT2D eigenvalue weighted by Gasteiger charge is -2.24. The molecule has 0 spiro atoms. The van der Waals surface area contributed by atoms with Gasteiger partial charge in [0.15, 0.2) is 0 Å². The van der Waals surface area contributed by atoms with Gasteiger partial charge in [0.1, 0.15) is 0 Å². The first-order valence-electron chi connectivity index (χ1n) is 7.35. The molecule has 106 valence electrons. The summed E-state index contributed by atoms with van der Waals surface area (Å²) >= 11 is 7.94. The Balaban J connectivity index is 1.66. The second-order valence-corrected chi connectivity index (χ2v) is 9.05. The molecule has 1 aromatic rings. The molecular weight excluding hydrogens is 274 g/mol. The van der Waals surface area contributed by atoms with Crippen molar-refractivity contribution in [2.45, 2.75) is 53.0 Å². The zero-order valence-electron chi connectivity index (χ0n) is 12.3. The van der Waals surface area contributed by atoms with Crippen LogP contribution in [-0.2, 0) is 6.42 Å². The minimum atomic E-state index is 0.476. The topological polar surface area (TPSA) is 12.0 Å². The van der Waals surface area contributed by atoms with Gasteiger partial charge >= 0.3 is 0 Å². The molecule has 1 aromatic heterocycles. The Morgan fingerprint density at radius 3 is 2.63 bits per heavy atom. The van der Waals surface area contributed by atoms with Crippen molar-refractivity contribution >= 4 is 22.9 Å². The Hall–Kier alpha value is -0.0500. The maximum atomic E-state index is 6.17. The van der Waals surface area contributed by atoms with Gasteiger partial charge in [-0.3, -0.25) is 0 Å². The van der Waals surface area contributed by atoms with E-state index in [0.29, 0.717) is 16.9 Å². The van der Waals surface area contributed by atoms with Gasteiger partial charge in [-0.15, -0.1) is 11.3 Å². The van der Waals surface area contributed by atoms with Crippen molar-refractivity contribution in [2.24, 2.45) is 16.7 Å². The Morgan fingerprint density at radius 2 is 2.00 bits per heavy atom. The van der Waals surface area contributed by atoms with E-state index in [0.717, 1.165) is 16.8 Å². The van der Waals surface area contributed by atoms with Crippen molar-refractivity contribution < 1.29 is 0 Å². The van der Waals surface area contributed by atoms with Crippen LogP contribution in [0.25, 0.3) is 0 Å². The summed E-state index contributed by atoms with van der Waals surface area (Å²) in [5.41, 5.74) is 2.42. The normalized spacial score (nSPS) is 28.2. The van der Waals surface area contributed by atoms with Crippen LogP contribution in [0.3, 0.4) is 0 Å². The maximum absolute atomic E-state index is 6.17. The maximum Gasteiger partial charge on any atom is 0.0934 e. The first kappa shape index (κ1) is 13.9. The molecule has 2 aliphatic rings. The molecule has 0 radical (unpaired) electrons. The Labute approximate surface area is 125 Å². The molecule has 0 aliphatic heterocycles. The molecule has 1 saturated carbocycles. The molecule has 0 amide bonds. The fourth-order valence-electron chi connectivity index (χ4n) is 3.84. The first-order chi connectivity index (χ1) is 8.84. The fraction of sp³-hybridized carbons (Fsp3) is 0.750. The standard InChI is InChI=1S/C16H24ClNS/c1-15(2)13(16(15,3)4)9-18-11-6-5-7-12-10(11)8-14(17)19-12/h8,11,13,18H,5-7,9H2,1-4H3. The van der Waals surface area contributed by atoms with Gasteiger partial charge < -0.3 is 5.32 Å². The minimum Gasteiger partial charge on any atom is -0.310 e. The lowest BCUT2D eigenvalue weighted by molar-refractivity contribution is 0.428. The number of hydrogen-bond acceptors (Lipinski definition) is 2. The van der Waals surface area contributed by atoms with Gasteiger partial charge in [0.05, 0.1) is 4.34 Å². The summed E-state index contributed by atoms with van der Waals surface area (Å²) in [6, 6.07) is 2.71. The number of halogens is 1. The van der Waals surface area contributed by atoms with Gasteiger partial charge in [0, 0.05) is 10.9 Å². The smallest absolute Gasteiger partial charge is 0.0934 e. The lowest BCUT2D eigenvalue weighted by Crippen LogP contribution is -2.27. The largest absolute Gasteiger partial charge is 0.310 e. The van der Waals surface area contributed by atoms with Gasteiger partial charge in [-0.1, -0.05) is 39.3 Å². The van der Waals surface area contributed by atoms with Gasteiger partial charge in [0.2, 0.25) is 0 Å². The number of fused-ring (bicyclic) bond motifs is 1. The van der Waals surface area contributed by atoms with Crippen LogP contribution >= 0.6 is 22.9 Å². The molecule has 0 bridgehead atoms. The van der Waals surface area contributed by atoms with Gasteiger partial charge in [-0.25, -0.2) is 0 Å². The second kappa shape index (κ2) is 4.47. The molecule has 0 saturated heterocycles. The van der Waals surface area contributed by atoms with Crippen LogP contribution in [0, 0.1) is 16.7 Å². The Bertz CT molecular complexity index is 475. The predicted molar refractivity (Wildman–Crippen MR) is 84.1 cm³/mol. The van der Waals surface area contributed by atoms with Crippen LogP contribution in [0.5, 0.6) is 0 Å². The monoisotopic (exact) mass is 297 g/mol. The average Bonchev–Trinajstić information content (AvgIpc) is 2.62. The van der Waals surface area contributed by atoms with E-state index in [2.05, 4.69) is 39.1 Å². The molecular formula is C16H24ClNS. The fourth-order valence-corrected chi connectivity index (χ4v) is 5.22. The number of thiophene rings is 1. The molecule has 2 aliphatic carbocycles. The van der Waals surface area contributed by atoms with Crippen LogP contribution in [-0.4, -0.2) is 6.54 Å². The van der Waals surface area contributed by atoms with Crippen molar-refractivity contribution in [2.75, 3.05) is 6.54 Å². The molecule has 1 heterocycles. The van der Waals surface area contributed by atoms with Crippen LogP contribution in [0.4, 0.5) is 0 Å². The van der Waals surface area contributed by atoms with Gasteiger partial charge in [-0.05, 0) is 54.2 Å². The molecule has 1 unspecified atom stereocenters. The second-order valence-electron chi connectivity index (χ2n) is 7.28. The third-order valence-electron chi connectivity index (χ3n) is 5.97. The van der Waals surface area contributed by atoms with Crippen LogP contribution < -0.4 is 5.32 Å². The van der Waals surface area contributed by atoms with E-state index in [9.17, 15) is 0 Å². The molecule has 0 aromatic carbocycles. The Kier molecular flexibility index (Phi) is 3.28. The van der Waals surface area contributed by atoms with Crippen LogP contribution in [0.15, 0.2) is 6.07 Å². The molecule has 1 N–H and O–H groups in total. The molecule has 1 fully saturated rings. The predicted octanol–water partition coefficient (Wildman–Crippen LogP) is 5.05. The Morgan fingerprint density at radius 1 is 1.32 bits per heavy atom. The van der Waals surface area contributed by atoms with Crippen LogP contribution in [0.1, 0.15) is 57.0 Å². The van der Waals surface area contributed by atoms with Gasteiger partial charge in [-0.2, -0.15) is 0 Å². The van der Waals surface area contributed by atoms with E-state index in [4.69, 9.17) is 11.6 Å². The summed E-state index contributed by atoms with van der Waals surface area (Å²) in [5, 5.41) is 3.81. The van der Waals surface area contributed by atoms with E-state index in [-0.39, 0.29) is 0 Å². The van der Waals surface area contributed by atoms with Crippen molar-refractivity contribution in [3.8, 4) is 0 Å². The van der Waals surface area contributed by atoms with Gasteiger partial charge in [0.25, 0.3) is 0 Å². The quantitative estimate of drug-likeness (QED) is 0.823. The van der Waals surface area contributed by atoms with Crippen molar-refractivity contribution in [1.82, 2.24) is 5.32 Å². The van der Waals surface area contributed by atoms with Crippen molar-refractivity contribution in [3.63, 3.8) is 0 Å². The van der Waals surface area contributed by atoms with E-state index < -0.39 is 0 Å². The van der Waals surface area contributed by atoms with Crippen molar-refractivity contribution in [3.05, 3.63) is 20.8 Å². The summed E-state index contributed by atoms with van der Waals surface area (Å²) in [6.45, 7) is 10.7. The summed E-state index contributed by atoms with van der Waals surface area (Å²) in [6.07, 6.45) is 3.76. The zero-order valence-corrected chi connectivity index (χ0v) is 13.9. The molecule has 3 rings (SSSR count). The molecule has 1 nitrogen and oxygen atoms in total. The molecule has 3 heteroatoms. The highest BCUT2D eigenvalue weighted by molar-refractivity contribution is 7.16. The third-order valence-corrected chi connectivity index (χ3v) is 7.31. The number of rotatable bonds is 3. The van der Waals surface area contributed by atoms with Crippen LogP contribution in [0.2, 0.25) is 4.34 Å². The summed E-state index contributed by atoms with van der Waals surface area (Å²) in [7, 11) is 0. The molecule has 1 atom stereocenters. The highest BCUT2D eigenvalue weighted by Gasteiger charge is 2.63. The summed E-state index contributed by atoms with van der Waals surface area (Å²) in [5.74, 6) is 0.791. The first-order valence-corrected chi connectivity index (χ1v) is 8.55. The lowest BCUT2D eigenvalue weighted by atomic mass is 9.94. The third kappa shape index (κ3) is 2.16. The van der Waals surface area contributed by atoms with E-state index >= 15 is 0 Å². The van der Waals surface area contributed by atoms with E-state index in [1.807, 2.05) is 0 Å². The highest BCUT2D eigenvalue weighted by Crippen LogP contribution is 2.68. The molecule has 19 heavy (non-hydrogen) atoms. The van der Waals surface area contributed by atoms with E-state index in [1.54, 1.807) is 11.3 Å². The zero-order chi connectivity index (χ0) is 13.8. The minimum absolute atomic E-state index is 0.476. The average molecular weight is 298 g/mol. The highest BCUT2D eigenvalue weighted by atomic mass is 35.5. The SMILES string of the molecule is CC1(C)C(CNC2CCCc3sc(Cl)cc32)C1(C)C. The number of nitrogens with one attached hydrogen (secondary N) is 1. The summed E-state index contributed by atoms with van der Waals surface area (Å²) in [4.78, 5) is 1.50. The number of hydrogen-bond donors (Lipinski definition) is 1. The van der Waals surface area contributed by atoms with Crippen molar-refractivity contribution in [1.29, 1.82) is 0 Å².